The Bertz CT molecular complexity index is 180. The van der Waals surface area contributed by atoms with E-state index in [0.717, 1.165) is 18.7 Å². The van der Waals surface area contributed by atoms with Crippen LogP contribution in [-0.2, 0) is 10.8 Å². The summed E-state index contributed by atoms with van der Waals surface area (Å²) in [4.78, 5) is 1.98. The number of nitrogens with zero attached hydrogens (tertiary/aromatic N) is 1. The normalized spacial score (nSPS) is 28.3. The van der Waals surface area contributed by atoms with Crippen molar-refractivity contribution >= 4 is 10.8 Å². The molecule has 0 radical (unpaired) electrons. The van der Waals surface area contributed by atoms with Crippen LogP contribution in [0, 0.1) is 0 Å². The molecule has 0 spiro atoms. The molecule has 0 aromatic carbocycles. The lowest BCUT2D eigenvalue weighted by molar-refractivity contribution is 0.0930. The molecule has 1 aliphatic heterocycles. The molecule has 13 heavy (non-hydrogen) atoms. The first-order valence-corrected chi connectivity index (χ1v) is 6.02. The van der Waals surface area contributed by atoms with Gasteiger partial charge in [-0.3, -0.25) is 9.11 Å². The third-order valence-corrected chi connectivity index (χ3v) is 3.51. The van der Waals surface area contributed by atoms with Crippen LogP contribution in [0.15, 0.2) is 0 Å². The van der Waals surface area contributed by atoms with Gasteiger partial charge in [0.15, 0.2) is 0 Å². The third kappa shape index (κ3) is 4.15. The summed E-state index contributed by atoms with van der Waals surface area (Å²) in [7, 11) is -0.712. The first kappa shape index (κ1) is 11.1. The molecule has 3 nitrogen and oxygen atoms in total. The number of halogens is 1. The topological polar surface area (TPSA) is 40.5 Å². The molecule has 0 aromatic heterocycles. The van der Waals surface area contributed by atoms with Gasteiger partial charge in [-0.2, -0.15) is 0 Å². The zero-order valence-corrected chi connectivity index (χ0v) is 8.43. The minimum absolute atomic E-state index is 0.369. The lowest BCUT2D eigenvalue weighted by Crippen LogP contribution is -2.35. The second-order valence-corrected chi connectivity index (χ2v) is 5.01. The van der Waals surface area contributed by atoms with Gasteiger partial charge in [-0.25, -0.2) is 4.39 Å². The van der Waals surface area contributed by atoms with E-state index < -0.39 is 23.6 Å². The summed E-state index contributed by atoms with van der Waals surface area (Å²) in [5.41, 5.74) is 0. The van der Waals surface area contributed by atoms with Gasteiger partial charge in [0.1, 0.15) is 6.67 Å². The van der Waals surface area contributed by atoms with Gasteiger partial charge in [-0.05, 0) is 13.0 Å². The van der Waals surface area contributed by atoms with E-state index in [0.29, 0.717) is 18.8 Å². The molecule has 5 heteroatoms. The van der Waals surface area contributed by atoms with Gasteiger partial charge in [-0.15, -0.1) is 0 Å². The van der Waals surface area contributed by atoms with Crippen molar-refractivity contribution in [2.75, 3.05) is 37.8 Å². The molecule has 0 saturated carbocycles. The fraction of sp³-hybridized carbons (Fsp3) is 1.00. The predicted octanol–water partition coefficient (Wildman–Crippen LogP) is -0.229. The molecule has 2 atom stereocenters. The zero-order chi connectivity index (χ0) is 9.68. The van der Waals surface area contributed by atoms with Crippen molar-refractivity contribution in [3.05, 3.63) is 0 Å². The SMILES string of the molecule is O=S1CCCN(CC(O)CF)CC1. The Kier molecular flexibility index (Phi) is 4.83. The van der Waals surface area contributed by atoms with Crippen molar-refractivity contribution in [2.24, 2.45) is 0 Å². The van der Waals surface area contributed by atoms with Gasteiger partial charge < -0.3 is 5.11 Å². The van der Waals surface area contributed by atoms with E-state index in [9.17, 15) is 8.60 Å². The highest BCUT2D eigenvalue weighted by molar-refractivity contribution is 7.85. The van der Waals surface area contributed by atoms with E-state index in [-0.39, 0.29) is 0 Å². The molecular formula is C8H16FNO2S. The number of β-amino-alcohol motifs (C(OH)–C–C–N with tert-alkyl or cyclic N) is 1. The molecule has 1 fully saturated rings. The van der Waals surface area contributed by atoms with E-state index in [1.807, 2.05) is 4.90 Å². The highest BCUT2D eigenvalue weighted by Gasteiger charge is 2.15. The van der Waals surface area contributed by atoms with Crippen molar-refractivity contribution in [3.63, 3.8) is 0 Å². The van der Waals surface area contributed by atoms with Gasteiger partial charge in [-0.1, -0.05) is 0 Å². The van der Waals surface area contributed by atoms with Crippen LogP contribution in [0.5, 0.6) is 0 Å². The molecule has 1 rings (SSSR count). The molecule has 1 saturated heterocycles. The van der Waals surface area contributed by atoms with Crippen LogP contribution in [0.3, 0.4) is 0 Å². The Morgan fingerprint density at radius 1 is 1.46 bits per heavy atom. The number of alkyl halides is 1. The van der Waals surface area contributed by atoms with Crippen LogP contribution in [0.4, 0.5) is 4.39 Å². The molecule has 0 aromatic rings. The number of aliphatic hydroxyl groups is 1. The van der Waals surface area contributed by atoms with E-state index in [4.69, 9.17) is 5.11 Å². The quantitative estimate of drug-likeness (QED) is 0.698. The van der Waals surface area contributed by atoms with Crippen molar-refractivity contribution in [1.82, 2.24) is 4.90 Å². The molecule has 1 aliphatic rings. The number of aliphatic hydroxyl groups excluding tert-OH is 1. The maximum absolute atomic E-state index is 12.0. The monoisotopic (exact) mass is 209 g/mol. The van der Waals surface area contributed by atoms with Crippen LogP contribution >= 0.6 is 0 Å². The van der Waals surface area contributed by atoms with Crippen LogP contribution in [0.1, 0.15) is 6.42 Å². The van der Waals surface area contributed by atoms with Crippen LogP contribution in [0.2, 0.25) is 0 Å². The van der Waals surface area contributed by atoms with Crippen molar-refractivity contribution in [3.8, 4) is 0 Å². The molecule has 78 valence electrons. The standard InChI is InChI=1S/C8H16FNO2S/c9-6-8(11)7-10-2-1-4-13(12)5-3-10/h8,11H,1-7H2. The maximum Gasteiger partial charge on any atom is 0.117 e. The van der Waals surface area contributed by atoms with E-state index in [2.05, 4.69) is 0 Å². The fourth-order valence-electron chi connectivity index (χ4n) is 1.42. The average Bonchev–Trinajstić information content (AvgIpc) is 2.31. The highest BCUT2D eigenvalue weighted by Crippen LogP contribution is 2.02. The second-order valence-electron chi connectivity index (χ2n) is 3.31. The molecule has 0 amide bonds. The Labute approximate surface area is 80.4 Å². The molecule has 0 bridgehead atoms. The molecule has 2 unspecified atom stereocenters. The predicted molar refractivity (Wildman–Crippen MR) is 50.9 cm³/mol. The van der Waals surface area contributed by atoms with E-state index in [1.165, 1.54) is 0 Å². The summed E-state index contributed by atoms with van der Waals surface area (Å²) in [5, 5.41) is 9.08. The smallest absolute Gasteiger partial charge is 0.117 e. The van der Waals surface area contributed by atoms with Crippen LogP contribution in [0.25, 0.3) is 0 Å². The van der Waals surface area contributed by atoms with Gasteiger partial charge in [0.05, 0.1) is 6.10 Å². The lowest BCUT2D eigenvalue weighted by atomic mass is 10.3. The largest absolute Gasteiger partial charge is 0.389 e. The minimum atomic E-state index is -0.883. The molecule has 1 N–H and O–H groups in total. The Hall–Kier alpha value is -0.0000000000000000555. The number of rotatable bonds is 3. The van der Waals surface area contributed by atoms with Gasteiger partial charge >= 0.3 is 0 Å². The maximum atomic E-state index is 12.0. The lowest BCUT2D eigenvalue weighted by Gasteiger charge is -2.20. The summed E-state index contributed by atoms with van der Waals surface area (Å²) in [6, 6.07) is 0. The molecule has 0 aliphatic carbocycles. The van der Waals surface area contributed by atoms with Crippen LogP contribution < -0.4 is 0 Å². The number of hydrogen-bond acceptors (Lipinski definition) is 3. The summed E-state index contributed by atoms with van der Waals surface area (Å²) < 4.78 is 23.1. The van der Waals surface area contributed by atoms with Crippen LogP contribution in [-0.4, -0.2) is 58.1 Å². The van der Waals surface area contributed by atoms with Gasteiger partial charge in [0, 0.05) is 35.4 Å². The first-order chi connectivity index (χ1) is 6.22. The Morgan fingerprint density at radius 2 is 2.23 bits per heavy atom. The van der Waals surface area contributed by atoms with Crippen molar-refractivity contribution in [1.29, 1.82) is 0 Å². The third-order valence-electron chi connectivity index (χ3n) is 2.13. The average molecular weight is 209 g/mol. The van der Waals surface area contributed by atoms with Gasteiger partial charge in [0.2, 0.25) is 0 Å². The highest BCUT2D eigenvalue weighted by atomic mass is 32.2. The van der Waals surface area contributed by atoms with Crippen molar-refractivity contribution in [2.45, 2.75) is 12.5 Å². The second kappa shape index (κ2) is 5.67. The molecule has 1 heterocycles. The Balaban J connectivity index is 2.29. The number of hydrogen-bond donors (Lipinski definition) is 1. The first-order valence-electron chi connectivity index (χ1n) is 4.53. The zero-order valence-electron chi connectivity index (χ0n) is 7.62. The van der Waals surface area contributed by atoms with Gasteiger partial charge in [0.25, 0.3) is 0 Å². The molecular weight excluding hydrogens is 193 g/mol. The fourth-order valence-corrected chi connectivity index (χ4v) is 2.54. The van der Waals surface area contributed by atoms with E-state index >= 15 is 0 Å². The summed E-state index contributed by atoms with van der Waals surface area (Å²) in [6.45, 7) is 1.21. The minimum Gasteiger partial charge on any atom is -0.389 e. The summed E-state index contributed by atoms with van der Waals surface area (Å²) >= 11 is 0. The summed E-state index contributed by atoms with van der Waals surface area (Å²) in [5.74, 6) is 1.39. The summed E-state index contributed by atoms with van der Waals surface area (Å²) in [6.07, 6.45) is -0.00227. The van der Waals surface area contributed by atoms with E-state index in [1.54, 1.807) is 0 Å². The Morgan fingerprint density at radius 3 is 2.92 bits per heavy atom. The van der Waals surface area contributed by atoms with Crippen molar-refractivity contribution < 1.29 is 13.7 Å².